The van der Waals surface area contributed by atoms with E-state index in [-0.39, 0.29) is 5.91 Å². The van der Waals surface area contributed by atoms with E-state index >= 15 is 0 Å². The van der Waals surface area contributed by atoms with E-state index in [1.807, 2.05) is 19.1 Å². The monoisotopic (exact) mass is 235 g/mol. The Kier molecular flexibility index (Phi) is 3.40. The Bertz CT molecular complexity index is 414. The molecular formula is C12H17N3O2. The van der Waals surface area contributed by atoms with Crippen LogP contribution in [0.15, 0.2) is 18.3 Å². The van der Waals surface area contributed by atoms with Gasteiger partial charge in [0.2, 0.25) is 5.91 Å². The van der Waals surface area contributed by atoms with Crippen LogP contribution in [0, 0.1) is 6.92 Å². The molecule has 1 saturated heterocycles. The first-order valence-electron chi connectivity index (χ1n) is 5.67. The Morgan fingerprint density at radius 1 is 1.71 bits per heavy atom. The second kappa shape index (κ2) is 4.81. The molecule has 5 heteroatoms. The van der Waals surface area contributed by atoms with Gasteiger partial charge in [-0.2, -0.15) is 0 Å². The maximum atomic E-state index is 11.9. The molecule has 2 heterocycles. The molecule has 0 radical (unpaired) electrons. The molecule has 0 saturated carbocycles. The summed E-state index contributed by atoms with van der Waals surface area (Å²) in [6, 6.07) is 3.83. The minimum Gasteiger partial charge on any atom is -0.379 e. The summed E-state index contributed by atoms with van der Waals surface area (Å²) in [6.45, 7) is 3.21. The number of rotatable bonds is 3. The number of ether oxygens (including phenoxy) is 1. The van der Waals surface area contributed by atoms with E-state index in [4.69, 9.17) is 10.5 Å². The number of hydrogen-bond donors (Lipinski definition) is 2. The molecule has 1 aliphatic heterocycles. The lowest BCUT2D eigenvalue weighted by atomic mass is 9.99. The average molecular weight is 235 g/mol. The summed E-state index contributed by atoms with van der Waals surface area (Å²) in [5.74, 6) is -0.167. The number of aryl methyl sites for hydroxylation is 1. The molecular weight excluding hydrogens is 218 g/mol. The molecule has 0 spiro atoms. The van der Waals surface area contributed by atoms with Crippen molar-refractivity contribution in [3.8, 4) is 0 Å². The maximum absolute atomic E-state index is 11.9. The number of hydrogen-bond acceptors (Lipinski definition) is 4. The quantitative estimate of drug-likeness (QED) is 0.780. The SMILES string of the molecule is Cc1cccnc1CNC(=O)C1(N)CCOC1. The van der Waals surface area contributed by atoms with Crippen LogP contribution in [-0.4, -0.2) is 29.6 Å². The third kappa shape index (κ3) is 2.62. The third-order valence-corrected chi connectivity index (χ3v) is 3.04. The summed E-state index contributed by atoms with van der Waals surface area (Å²) >= 11 is 0. The molecule has 1 aliphatic rings. The fourth-order valence-corrected chi connectivity index (χ4v) is 1.80. The third-order valence-electron chi connectivity index (χ3n) is 3.04. The van der Waals surface area contributed by atoms with Crippen molar-refractivity contribution in [2.75, 3.05) is 13.2 Å². The lowest BCUT2D eigenvalue weighted by Crippen LogP contribution is -2.54. The highest BCUT2D eigenvalue weighted by molar-refractivity contribution is 5.86. The van der Waals surface area contributed by atoms with Crippen molar-refractivity contribution in [2.24, 2.45) is 5.73 Å². The van der Waals surface area contributed by atoms with Crippen molar-refractivity contribution >= 4 is 5.91 Å². The first kappa shape index (κ1) is 12.0. The van der Waals surface area contributed by atoms with Crippen LogP contribution in [0.1, 0.15) is 17.7 Å². The highest BCUT2D eigenvalue weighted by Crippen LogP contribution is 2.15. The number of nitrogens with zero attached hydrogens (tertiary/aromatic N) is 1. The van der Waals surface area contributed by atoms with Crippen molar-refractivity contribution in [2.45, 2.75) is 25.4 Å². The predicted molar refractivity (Wildman–Crippen MR) is 63.2 cm³/mol. The van der Waals surface area contributed by atoms with Gasteiger partial charge >= 0.3 is 0 Å². The van der Waals surface area contributed by atoms with Gasteiger partial charge in [-0.3, -0.25) is 9.78 Å². The minimum atomic E-state index is -0.872. The van der Waals surface area contributed by atoms with Crippen LogP contribution in [0.3, 0.4) is 0 Å². The number of pyridine rings is 1. The van der Waals surface area contributed by atoms with Crippen LogP contribution in [-0.2, 0) is 16.1 Å². The summed E-state index contributed by atoms with van der Waals surface area (Å²) in [5, 5.41) is 2.82. The molecule has 1 amide bonds. The lowest BCUT2D eigenvalue weighted by molar-refractivity contribution is -0.126. The Balaban J connectivity index is 1.94. The van der Waals surface area contributed by atoms with Crippen molar-refractivity contribution < 1.29 is 9.53 Å². The van der Waals surface area contributed by atoms with Gasteiger partial charge in [-0.1, -0.05) is 6.07 Å². The molecule has 17 heavy (non-hydrogen) atoms. The van der Waals surface area contributed by atoms with E-state index in [1.54, 1.807) is 6.20 Å². The zero-order valence-corrected chi connectivity index (χ0v) is 9.90. The number of carbonyl (C=O) groups excluding carboxylic acids is 1. The number of nitrogens with two attached hydrogens (primary N) is 1. The molecule has 1 aromatic rings. The van der Waals surface area contributed by atoms with Gasteiger partial charge < -0.3 is 15.8 Å². The van der Waals surface area contributed by atoms with Crippen LogP contribution < -0.4 is 11.1 Å². The Labute approximate surface area is 100 Å². The first-order chi connectivity index (χ1) is 8.12. The van der Waals surface area contributed by atoms with E-state index in [1.165, 1.54) is 0 Å². The van der Waals surface area contributed by atoms with Gasteiger partial charge in [0, 0.05) is 12.8 Å². The second-order valence-corrected chi connectivity index (χ2v) is 4.41. The Hall–Kier alpha value is -1.46. The van der Waals surface area contributed by atoms with Crippen LogP contribution in [0.5, 0.6) is 0 Å². The van der Waals surface area contributed by atoms with Gasteiger partial charge in [-0.25, -0.2) is 0 Å². The molecule has 92 valence electrons. The van der Waals surface area contributed by atoms with Crippen molar-refractivity contribution in [1.82, 2.24) is 10.3 Å². The van der Waals surface area contributed by atoms with Crippen LogP contribution in [0.25, 0.3) is 0 Å². The summed E-state index contributed by atoms with van der Waals surface area (Å²) < 4.78 is 5.16. The van der Waals surface area contributed by atoms with Gasteiger partial charge in [-0.15, -0.1) is 0 Å². The number of aromatic nitrogens is 1. The summed E-state index contributed by atoms with van der Waals surface area (Å²) in [6.07, 6.45) is 2.28. The molecule has 0 aliphatic carbocycles. The predicted octanol–water partition coefficient (Wildman–Crippen LogP) is 0.124. The Morgan fingerprint density at radius 2 is 2.53 bits per heavy atom. The number of carbonyl (C=O) groups is 1. The highest BCUT2D eigenvalue weighted by Gasteiger charge is 2.38. The molecule has 5 nitrogen and oxygen atoms in total. The Morgan fingerprint density at radius 3 is 3.18 bits per heavy atom. The molecule has 1 atom stereocenters. The van der Waals surface area contributed by atoms with Gasteiger partial charge in [0.05, 0.1) is 18.8 Å². The molecule has 0 aromatic carbocycles. The standard InChI is InChI=1S/C12H17N3O2/c1-9-3-2-5-14-10(9)7-15-11(16)12(13)4-6-17-8-12/h2-3,5H,4,6-8,13H2,1H3,(H,15,16). The van der Waals surface area contributed by atoms with E-state index < -0.39 is 5.54 Å². The van der Waals surface area contributed by atoms with Gasteiger partial charge in [-0.05, 0) is 25.0 Å². The zero-order chi connectivity index (χ0) is 12.3. The van der Waals surface area contributed by atoms with Gasteiger partial charge in [0.25, 0.3) is 0 Å². The van der Waals surface area contributed by atoms with Gasteiger partial charge in [0.15, 0.2) is 0 Å². The maximum Gasteiger partial charge on any atom is 0.242 e. The largest absolute Gasteiger partial charge is 0.379 e. The fourth-order valence-electron chi connectivity index (χ4n) is 1.80. The smallest absolute Gasteiger partial charge is 0.242 e. The van der Waals surface area contributed by atoms with Crippen molar-refractivity contribution in [3.63, 3.8) is 0 Å². The molecule has 3 N–H and O–H groups in total. The molecule has 1 unspecified atom stereocenters. The fraction of sp³-hybridized carbons (Fsp3) is 0.500. The normalized spacial score (nSPS) is 23.6. The summed E-state index contributed by atoms with van der Waals surface area (Å²) in [5.41, 5.74) is 7.00. The van der Waals surface area contributed by atoms with Crippen molar-refractivity contribution in [3.05, 3.63) is 29.6 Å². The average Bonchev–Trinajstić information content (AvgIpc) is 2.76. The first-order valence-corrected chi connectivity index (χ1v) is 5.67. The van der Waals surface area contributed by atoms with E-state index in [0.29, 0.717) is 26.2 Å². The van der Waals surface area contributed by atoms with Crippen LogP contribution in [0.2, 0.25) is 0 Å². The second-order valence-electron chi connectivity index (χ2n) is 4.41. The number of amides is 1. The van der Waals surface area contributed by atoms with E-state index in [0.717, 1.165) is 11.3 Å². The minimum absolute atomic E-state index is 0.167. The van der Waals surface area contributed by atoms with Crippen LogP contribution >= 0.6 is 0 Å². The van der Waals surface area contributed by atoms with Crippen LogP contribution in [0.4, 0.5) is 0 Å². The molecule has 0 bridgehead atoms. The van der Waals surface area contributed by atoms with E-state index in [9.17, 15) is 4.79 Å². The van der Waals surface area contributed by atoms with E-state index in [2.05, 4.69) is 10.3 Å². The highest BCUT2D eigenvalue weighted by atomic mass is 16.5. The van der Waals surface area contributed by atoms with Gasteiger partial charge in [0.1, 0.15) is 5.54 Å². The lowest BCUT2D eigenvalue weighted by Gasteiger charge is -2.20. The zero-order valence-electron chi connectivity index (χ0n) is 9.90. The van der Waals surface area contributed by atoms with Crippen molar-refractivity contribution in [1.29, 1.82) is 0 Å². The molecule has 1 fully saturated rings. The molecule has 1 aromatic heterocycles. The summed E-state index contributed by atoms with van der Waals surface area (Å²) in [7, 11) is 0. The molecule has 2 rings (SSSR count). The number of nitrogens with one attached hydrogen (secondary N) is 1. The topological polar surface area (TPSA) is 77.2 Å². The summed E-state index contributed by atoms with van der Waals surface area (Å²) in [4.78, 5) is 16.1.